The number of sulfonamides is 1. The molecule has 170 valence electrons. The van der Waals surface area contributed by atoms with Gasteiger partial charge < -0.3 is 4.74 Å². The van der Waals surface area contributed by atoms with Gasteiger partial charge in [0.15, 0.2) is 0 Å². The number of rotatable bonds is 8. The van der Waals surface area contributed by atoms with Crippen LogP contribution in [-0.2, 0) is 20.2 Å². The van der Waals surface area contributed by atoms with Gasteiger partial charge in [0, 0.05) is 45.8 Å². The predicted octanol–water partition coefficient (Wildman–Crippen LogP) is 0.840. The van der Waals surface area contributed by atoms with Gasteiger partial charge >= 0.3 is 0 Å². The molecule has 1 aromatic carbocycles. The van der Waals surface area contributed by atoms with Crippen LogP contribution >= 0.6 is 0 Å². The Balaban J connectivity index is 1.43. The van der Waals surface area contributed by atoms with E-state index in [0.29, 0.717) is 45.1 Å². The first-order valence-electron chi connectivity index (χ1n) is 10.4. The van der Waals surface area contributed by atoms with Gasteiger partial charge in [-0.25, -0.2) is 13.6 Å². The summed E-state index contributed by atoms with van der Waals surface area (Å²) in [4.78, 5) is 2.22. The van der Waals surface area contributed by atoms with E-state index in [1.807, 2.05) is 0 Å². The van der Waals surface area contributed by atoms with Crippen LogP contribution in [0.2, 0.25) is 0 Å². The smallest absolute Gasteiger partial charge is 0.282 e. The average Bonchev–Trinajstić information content (AvgIpc) is 2.74. The third kappa shape index (κ3) is 5.92. The van der Waals surface area contributed by atoms with E-state index in [1.165, 1.54) is 18.6 Å². The number of nitrogens with two attached hydrogens (primary N) is 1. The van der Waals surface area contributed by atoms with Crippen molar-refractivity contribution in [3.63, 3.8) is 0 Å². The number of primary sulfonamides is 1. The van der Waals surface area contributed by atoms with Crippen LogP contribution in [-0.4, -0.2) is 82.8 Å². The molecule has 0 radical (unpaired) electrons. The lowest BCUT2D eigenvalue weighted by molar-refractivity contribution is 0.152. The quantitative estimate of drug-likeness (QED) is 0.615. The average molecular weight is 461 g/mol. The number of nitrogens with zero attached hydrogens (tertiary/aromatic N) is 3. The largest absolute Gasteiger partial charge is 0.492 e. The summed E-state index contributed by atoms with van der Waals surface area (Å²) in [5.41, 5.74) is 0. The van der Waals surface area contributed by atoms with Crippen molar-refractivity contribution >= 4 is 20.2 Å². The third-order valence-corrected chi connectivity index (χ3v) is 8.91. The van der Waals surface area contributed by atoms with Crippen molar-refractivity contribution < 1.29 is 21.6 Å². The molecule has 1 aromatic rings. The maximum absolute atomic E-state index is 12.9. The topological polar surface area (TPSA) is 113 Å². The van der Waals surface area contributed by atoms with Gasteiger partial charge in [0.1, 0.15) is 12.4 Å². The van der Waals surface area contributed by atoms with Gasteiger partial charge in [0.25, 0.3) is 10.2 Å². The van der Waals surface area contributed by atoms with Gasteiger partial charge in [0.05, 0.1) is 4.90 Å². The molecule has 0 spiro atoms. The van der Waals surface area contributed by atoms with Crippen LogP contribution in [0.15, 0.2) is 29.2 Å². The molecule has 1 heterocycles. The normalized spacial score (nSPS) is 20.5. The summed E-state index contributed by atoms with van der Waals surface area (Å²) in [7, 11) is -5.41. The van der Waals surface area contributed by atoms with Crippen molar-refractivity contribution in [3.05, 3.63) is 24.3 Å². The molecule has 0 bridgehead atoms. The summed E-state index contributed by atoms with van der Waals surface area (Å²) in [6.07, 6.45) is 5.30. The number of hydrogen-bond donors (Lipinski definition) is 1. The van der Waals surface area contributed by atoms with E-state index in [2.05, 4.69) is 4.90 Å². The minimum atomic E-state index is -3.71. The molecule has 0 unspecified atom stereocenters. The first-order valence-corrected chi connectivity index (χ1v) is 13.3. The zero-order chi connectivity index (χ0) is 21.8. The fourth-order valence-corrected chi connectivity index (χ4v) is 6.11. The molecule has 11 heteroatoms. The number of ether oxygens (including phenoxy) is 1. The number of benzene rings is 1. The lowest BCUT2D eigenvalue weighted by Gasteiger charge is -2.38. The highest BCUT2D eigenvalue weighted by atomic mass is 32.2. The SMILES string of the molecule is CN(C1CCCCC1)S(=O)(=O)N1CCN(CCOc2ccc(S(N)(=O)=O)cc2)CC1. The van der Waals surface area contributed by atoms with Gasteiger partial charge in [-0.15, -0.1) is 0 Å². The zero-order valence-corrected chi connectivity index (χ0v) is 19.1. The van der Waals surface area contributed by atoms with Crippen molar-refractivity contribution in [2.45, 2.75) is 43.0 Å². The minimum Gasteiger partial charge on any atom is -0.492 e. The second-order valence-electron chi connectivity index (χ2n) is 7.92. The van der Waals surface area contributed by atoms with E-state index in [-0.39, 0.29) is 10.9 Å². The molecule has 2 N–H and O–H groups in total. The molecule has 30 heavy (non-hydrogen) atoms. The Morgan fingerprint density at radius 1 is 1.00 bits per heavy atom. The van der Waals surface area contributed by atoms with Crippen LogP contribution < -0.4 is 9.88 Å². The fourth-order valence-electron chi connectivity index (χ4n) is 4.02. The highest BCUT2D eigenvalue weighted by Crippen LogP contribution is 2.25. The molecule has 2 fully saturated rings. The van der Waals surface area contributed by atoms with E-state index in [0.717, 1.165) is 25.7 Å². The Hall–Kier alpha value is -1.24. The Kier molecular flexibility index (Phi) is 7.75. The van der Waals surface area contributed by atoms with Crippen LogP contribution in [0.1, 0.15) is 32.1 Å². The van der Waals surface area contributed by atoms with E-state index < -0.39 is 20.2 Å². The molecular weight excluding hydrogens is 428 g/mol. The fraction of sp³-hybridized carbons (Fsp3) is 0.684. The molecular formula is C19H32N4O5S2. The summed E-state index contributed by atoms with van der Waals surface area (Å²) in [5, 5.41) is 5.08. The summed E-state index contributed by atoms with van der Waals surface area (Å²) < 4.78 is 57.3. The van der Waals surface area contributed by atoms with Crippen LogP contribution in [0, 0.1) is 0 Å². The van der Waals surface area contributed by atoms with E-state index >= 15 is 0 Å². The lowest BCUT2D eigenvalue weighted by atomic mass is 9.96. The van der Waals surface area contributed by atoms with Gasteiger partial charge in [-0.3, -0.25) is 4.90 Å². The monoisotopic (exact) mass is 460 g/mol. The Morgan fingerprint density at radius 2 is 1.60 bits per heavy atom. The number of hydrogen-bond acceptors (Lipinski definition) is 6. The molecule has 0 atom stereocenters. The Morgan fingerprint density at radius 3 is 2.17 bits per heavy atom. The lowest BCUT2D eigenvalue weighted by Crippen LogP contribution is -2.54. The maximum Gasteiger partial charge on any atom is 0.282 e. The van der Waals surface area contributed by atoms with Crippen molar-refractivity contribution in [1.29, 1.82) is 0 Å². The highest BCUT2D eigenvalue weighted by molar-refractivity contribution is 7.89. The van der Waals surface area contributed by atoms with Gasteiger partial charge in [0.2, 0.25) is 10.0 Å². The second kappa shape index (κ2) is 9.92. The van der Waals surface area contributed by atoms with E-state index in [1.54, 1.807) is 27.8 Å². The highest BCUT2D eigenvalue weighted by Gasteiger charge is 2.34. The predicted molar refractivity (Wildman–Crippen MR) is 115 cm³/mol. The first-order chi connectivity index (χ1) is 14.2. The number of piperazine rings is 1. The molecule has 1 saturated heterocycles. The van der Waals surface area contributed by atoms with E-state index in [9.17, 15) is 16.8 Å². The standard InChI is InChI=1S/C19H32N4O5S2/c1-21(17-5-3-2-4-6-17)30(26,27)23-13-11-22(12-14-23)15-16-28-18-7-9-19(10-8-18)29(20,24)25/h7-10,17H,2-6,11-16H2,1H3,(H2,20,24,25). The van der Waals surface area contributed by atoms with Crippen molar-refractivity contribution in [1.82, 2.24) is 13.5 Å². The molecule has 9 nitrogen and oxygen atoms in total. The molecule has 2 aliphatic rings. The summed E-state index contributed by atoms with van der Waals surface area (Å²) in [6.45, 7) is 3.37. The van der Waals surface area contributed by atoms with Crippen LogP contribution in [0.5, 0.6) is 5.75 Å². The first kappa shape index (κ1) is 23.4. The van der Waals surface area contributed by atoms with Crippen molar-refractivity contribution in [2.24, 2.45) is 5.14 Å². The third-order valence-electron chi connectivity index (χ3n) is 5.94. The van der Waals surface area contributed by atoms with Gasteiger partial charge in [-0.05, 0) is 37.1 Å². The summed E-state index contributed by atoms with van der Waals surface area (Å²) in [6, 6.07) is 6.10. The molecule has 0 amide bonds. The van der Waals surface area contributed by atoms with Gasteiger partial charge in [-0.2, -0.15) is 17.0 Å². The minimum absolute atomic E-state index is 0.0466. The Labute approximate surface area is 180 Å². The molecule has 1 saturated carbocycles. The summed E-state index contributed by atoms with van der Waals surface area (Å²) >= 11 is 0. The molecule has 1 aliphatic heterocycles. The second-order valence-corrected chi connectivity index (χ2v) is 11.5. The molecule has 3 rings (SSSR count). The molecule has 0 aromatic heterocycles. The van der Waals surface area contributed by atoms with Crippen molar-refractivity contribution in [3.8, 4) is 5.75 Å². The Bertz CT molecular complexity index is 891. The van der Waals surface area contributed by atoms with Crippen LogP contribution in [0.4, 0.5) is 0 Å². The van der Waals surface area contributed by atoms with Crippen LogP contribution in [0.3, 0.4) is 0 Å². The van der Waals surface area contributed by atoms with Crippen molar-refractivity contribution in [2.75, 3.05) is 46.4 Å². The summed E-state index contributed by atoms with van der Waals surface area (Å²) in [5.74, 6) is 0.567. The van der Waals surface area contributed by atoms with E-state index in [4.69, 9.17) is 9.88 Å². The molecule has 1 aliphatic carbocycles. The van der Waals surface area contributed by atoms with Crippen LogP contribution in [0.25, 0.3) is 0 Å². The van der Waals surface area contributed by atoms with Gasteiger partial charge in [-0.1, -0.05) is 19.3 Å². The zero-order valence-electron chi connectivity index (χ0n) is 17.4. The maximum atomic E-state index is 12.9.